The highest BCUT2D eigenvalue weighted by molar-refractivity contribution is 9.10. The van der Waals surface area contributed by atoms with Crippen LogP contribution < -0.4 is 19.7 Å². The normalized spacial score (nSPS) is 16.1. The minimum absolute atomic E-state index is 0.0277. The highest BCUT2D eigenvalue weighted by Gasteiger charge is 2.29. The van der Waals surface area contributed by atoms with Gasteiger partial charge in [-0.15, -0.1) is 0 Å². The van der Waals surface area contributed by atoms with E-state index in [4.69, 9.17) is 19.4 Å². The first kappa shape index (κ1) is 22.3. The second-order valence-electron chi connectivity index (χ2n) is 7.81. The third-order valence-corrected chi connectivity index (χ3v) is 5.97. The monoisotopic (exact) mass is 498 g/mol. The first-order valence-electron chi connectivity index (χ1n) is 10.9. The van der Waals surface area contributed by atoms with E-state index in [1.807, 2.05) is 42.5 Å². The molecule has 1 amide bonds. The average molecular weight is 499 g/mol. The van der Waals surface area contributed by atoms with Crippen LogP contribution in [0.2, 0.25) is 0 Å². The van der Waals surface area contributed by atoms with Gasteiger partial charge in [-0.25, -0.2) is 9.97 Å². The van der Waals surface area contributed by atoms with Gasteiger partial charge in [-0.05, 0) is 49.6 Å². The summed E-state index contributed by atoms with van der Waals surface area (Å²) >= 11 is 3.43. The maximum absolute atomic E-state index is 13.1. The Bertz CT molecular complexity index is 1110. The van der Waals surface area contributed by atoms with Gasteiger partial charge < -0.3 is 19.7 Å². The maximum atomic E-state index is 13.1. The molecule has 168 valence electrons. The lowest BCUT2D eigenvalue weighted by Gasteiger charge is -2.33. The Balaban J connectivity index is 1.56. The maximum Gasteiger partial charge on any atom is 0.258 e. The molecule has 1 saturated heterocycles. The van der Waals surface area contributed by atoms with Crippen molar-refractivity contribution in [1.29, 1.82) is 0 Å². The fourth-order valence-electron chi connectivity index (χ4n) is 3.86. The Morgan fingerprint density at radius 3 is 2.75 bits per heavy atom. The van der Waals surface area contributed by atoms with Crippen molar-refractivity contribution in [3.8, 4) is 11.6 Å². The molecule has 2 aromatic carbocycles. The lowest BCUT2D eigenvalue weighted by molar-refractivity contribution is -0.120. The van der Waals surface area contributed by atoms with Crippen molar-refractivity contribution in [2.45, 2.75) is 26.2 Å². The molecular formula is C24H27BrN4O3. The van der Waals surface area contributed by atoms with Crippen molar-refractivity contribution in [3.63, 3.8) is 0 Å². The molecule has 2 heterocycles. The predicted molar refractivity (Wildman–Crippen MR) is 130 cm³/mol. The van der Waals surface area contributed by atoms with Gasteiger partial charge >= 0.3 is 0 Å². The smallest absolute Gasteiger partial charge is 0.258 e. The third-order valence-electron chi connectivity index (χ3n) is 5.48. The van der Waals surface area contributed by atoms with E-state index in [0.717, 1.165) is 41.3 Å². The second kappa shape index (κ2) is 10.2. The molecule has 1 aromatic heterocycles. The highest BCUT2D eigenvalue weighted by Crippen LogP contribution is 2.32. The van der Waals surface area contributed by atoms with Crippen molar-refractivity contribution in [3.05, 3.63) is 46.9 Å². The largest absolute Gasteiger partial charge is 0.495 e. The Kier molecular flexibility index (Phi) is 7.09. The van der Waals surface area contributed by atoms with Crippen LogP contribution in [-0.4, -0.2) is 42.7 Å². The quantitative estimate of drug-likeness (QED) is 0.491. The van der Waals surface area contributed by atoms with Crippen LogP contribution in [0.15, 0.2) is 46.9 Å². The zero-order valence-corrected chi connectivity index (χ0v) is 19.9. The molecule has 0 radical (unpaired) electrons. The minimum Gasteiger partial charge on any atom is -0.495 e. The topological polar surface area (TPSA) is 76.6 Å². The average Bonchev–Trinajstić information content (AvgIpc) is 2.83. The molecule has 1 N–H and O–H groups in total. The predicted octanol–water partition coefficient (Wildman–Crippen LogP) is 5.04. The van der Waals surface area contributed by atoms with Gasteiger partial charge in [0, 0.05) is 17.6 Å². The Morgan fingerprint density at radius 1 is 1.22 bits per heavy atom. The summed E-state index contributed by atoms with van der Waals surface area (Å²) in [5.74, 6) is 1.65. The summed E-state index contributed by atoms with van der Waals surface area (Å²) in [6.45, 7) is 3.99. The number of hydrogen-bond acceptors (Lipinski definition) is 6. The molecule has 32 heavy (non-hydrogen) atoms. The van der Waals surface area contributed by atoms with E-state index in [0.29, 0.717) is 36.3 Å². The number of hydrogen-bond donors (Lipinski definition) is 1. The Morgan fingerprint density at radius 2 is 2.00 bits per heavy atom. The Hall–Kier alpha value is -2.87. The van der Waals surface area contributed by atoms with E-state index in [1.165, 1.54) is 0 Å². The summed E-state index contributed by atoms with van der Waals surface area (Å²) < 4.78 is 12.2. The van der Waals surface area contributed by atoms with Gasteiger partial charge in [0.15, 0.2) is 5.82 Å². The van der Waals surface area contributed by atoms with E-state index in [-0.39, 0.29) is 11.8 Å². The van der Waals surface area contributed by atoms with Crippen molar-refractivity contribution in [2.24, 2.45) is 5.92 Å². The summed E-state index contributed by atoms with van der Waals surface area (Å²) in [5.41, 5.74) is 2.28. The van der Waals surface area contributed by atoms with Gasteiger partial charge in [-0.1, -0.05) is 35.0 Å². The van der Waals surface area contributed by atoms with Gasteiger partial charge in [0.25, 0.3) is 5.88 Å². The zero-order chi connectivity index (χ0) is 22.5. The number of piperidine rings is 1. The number of nitrogens with zero attached hydrogens (tertiary/aromatic N) is 3. The molecule has 4 rings (SSSR count). The number of rotatable bonds is 7. The number of carbonyl (C=O) groups is 1. The van der Waals surface area contributed by atoms with Gasteiger partial charge in [0.2, 0.25) is 5.91 Å². The molecule has 3 aromatic rings. The van der Waals surface area contributed by atoms with Crippen LogP contribution in [0.25, 0.3) is 11.0 Å². The SMILES string of the molecule is CCCOc1nc2ccccc2nc1N1CCC[C@H](C(=O)Nc2ccc(Br)cc2OC)C1. The van der Waals surface area contributed by atoms with Gasteiger partial charge in [0.1, 0.15) is 5.75 Å². The number of nitrogens with one attached hydrogen (secondary N) is 1. The molecule has 0 spiro atoms. The number of aromatic nitrogens is 2. The van der Waals surface area contributed by atoms with Crippen LogP contribution in [0, 0.1) is 5.92 Å². The standard InChI is InChI=1S/C24H27BrN4O3/c1-3-13-32-24-22(26-18-8-4-5-9-19(18)28-24)29-12-6-7-16(15-29)23(30)27-20-11-10-17(25)14-21(20)31-2/h4-5,8-11,14,16H,3,6-7,12-13,15H2,1-2H3,(H,27,30)/t16-/m0/s1. The fourth-order valence-corrected chi connectivity index (χ4v) is 4.20. The van der Waals surface area contributed by atoms with Crippen LogP contribution in [-0.2, 0) is 4.79 Å². The number of carbonyl (C=O) groups excluding carboxylic acids is 1. The first-order valence-corrected chi connectivity index (χ1v) is 11.7. The van der Waals surface area contributed by atoms with E-state index >= 15 is 0 Å². The molecule has 8 heteroatoms. The first-order chi connectivity index (χ1) is 15.6. The molecule has 0 unspecified atom stereocenters. The van der Waals surface area contributed by atoms with Crippen LogP contribution in [0.1, 0.15) is 26.2 Å². The number of ether oxygens (including phenoxy) is 2. The number of methoxy groups -OCH3 is 1. The van der Waals surface area contributed by atoms with Gasteiger partial charge in [0.05, 0.1) is 36.4 Å². The number of fused-ring (bicyclic) bond motifs is 1. The van der Waals surface area contributed by atoms with E-state index in [1.54, 1.807) is 7.11 Å². The number of para-hydroxylation sites is 2. The summed E-state index contributed by atoms with van der Waals surface area (Å²) in [6, 6.07) is 13.3. The van der Waals surface area contributed by atoms with Crippen molar-refractivity contribution in [2.75, 3.05) is 37.0 Å². The van der Waals surface area contributed by atoms with Gasteiger partial charge in [-0.2, -0.15) is 0 Å². The van der Waals surface area contributed by atoms with Crippen LogP contribution in [0.3, 0.4) is 0 Å². The zero-order valence-electron chi connectivity index (χ0n) is 18.3. The van der Waals surface area contributed by atoms with Crippen LogP contribution in [0.5, 0.6) is 11.6 Å². The van der Waals surface area contributed by atoms with Crippen molar-refractivity contribution in [1.82, 2.24) is 9.97 Å². The van der Waals surface area contributed by atoms with Crippen LogP contribution in [0.4, 0.5) is 11.5 Å². The van der Waals surface area contributed by atoms with Gasteiger partial charge in [-0.3, -0.25) is 4.79 Å². The molecule has 0 aliphatic carbocycles. The fraction of sp³-hybridized carbons (Fsp3) is 0.375. The lowest BCUT2D eigenvalue weighted by Crippen LogP contribution is -2.41. The number of amides is 1. The van der Waals surface area contributed by atoms with E-state index < -0.39 is 0 Å². The Labute approximate surface area is 196 Å². The molecule has 1 atom stereocenters. The number of benzene rings is 2. The molecule has 0 saturated carbocycles. The molecule has 0 bridgehead atoms. The molecule has 1 aliphatic rings. The minimum atomic E-state index is -0.176. The van der Waals surface area contributed by atoms with Crippen LogP contribution >= 0.6 is 15.9 Å². The van der Waals surface area contributed by atoms with E-state index in [9.17, 15) is 4.79 Å². The molecule has 7 nitrogen and oxygen atoms in total. The molecular weight excluding hydrogens is 472 g/mol. The molecule has 1 fully saturated rings. The number of halogens is 1. The molecule has 1 aliphatic heterocycles. The highest BCUT2D eigenvalue weighted by atomic mass is 79.9. The third kappa shape index (κ3) is 4.96. The summed E-state index contributed by atoms with van der Waals surface area (Å²) in [6.07, 6.45) is 2.58. The number of anilines is 2. The second-order valence-corrected chi connectivity index (χ2v) is 8.72. The lowest BCUT2D eigenvalue weighted by atomic mass is 9.97. The van der Waals surface area contributed by atoms with Crippen molar-refractivity contribution < 1.29 is 14.3 Å². The van der Waals surface area contributed by atoms with Crippen molar-refractivity contribution >= 4 is 44.4 Å². The summed E-state index contributed by atoms with van der Waals surface area (Å²) in [4.78, 5) is 24.8. The summed E-state index contributed by atoms with van der Waals surface area (Å²) in [7, 11) is 1.59. The summed E-state index contributed by atoms with van der Waals surface area (Å²) in [5, 5.41) is 3.03. The van der Waals surface area contributed by atoms with E-state index in [2.05, 4.69) is 33.1 Å².